The van der Waals surface area contributed by atoms with Crippen LogP contribution in [0.3, 0.4) is 0 Å². The quantitative estimate of drug-likeness (QED) is 0.466. The van der Waals surface area contributed by atoms with E-state index < -0.39 is 5.91 Å². The van der Waals surface area contributed by atoms with E-state index in [9.17, 15) is 14.4 Å². The van der Waals surface area contributed by atoms with Crippen LogP contribution in [0.2, 0.25) is 0 Å². The molecule has 8 heteroatoms. The number of hydrogen-bond acceptors (Lipinski definition) is 5. The first-order valence-corrected chi connectivity index (χ1v) is 10.2. The number of ether oxygens (including phenoxy) is 2. The van der Waals surface area contributed by atoms with Gasteiger partial charge in [-0.3, -0.25) is 14.4 Å². The van der Waals surface area contributed by atoms with E-state index in [1.54, 1.807) is 67.8 Å². The van der Waals surface area contributed by atoms with Gasteiger partial charge in [-0.25, -0.2) is 0 Å². The molecule has 0 unspecified atom stereocenters. The van der Waals surface area contributed by atoms with E-state index >= 15 is 0 Å². The van der Waals surface area contributed by atoms with Gasteiger partial charge in [-0.2, -0.15) is 0 Å². The number of methoxy groups -OCH3 is 1. The minimum atomic E-state index is -0.486. The molecule has 0 aliphatic carbocycles. The van der Waals surface area contributed by atoms with Crippen LogP contribution in [0.25, 0.3) is 0 Å². The molecular formula is C25H25N3O5. The Bertz CT molecular complexity index is 1110. The lowest BCUT2D eigenvalue weighted by Crippen LogP contribution is -2.33. The monoisotopic (exact) mass is 447 g/mol. The number of carbonyl (C=O) groups excluding carboxylic acids is 3. The second-order valence-corrected chi connectivity index (χ2v) is 7.16. The summed E-state index contributed by atoms with van der Waals surface area (Å²) in [6.07, 6.45) is 0. The van der Waals surface area contributed by atoms with Gasteiger partial charge in [0.1, 0.15) is 11.5 Å². The summed E-state index contributed by atoms with van der Waals surface area (Å²) in [5.41, 5.74) is 2.54. The lowest BCUT2D eigenvalue weighted by molar-refractivity contribution is -0.118. The Morgan fingerprint density at radius 3 is 2.06 bits per heavy atom. The maximum absolute atomic E-state index is 12.6. The van der Waals surface area contributed by atoms with Crippen LogP contribution in [0.15, 0.2) is 72.8 Å². The van der Waals surface area contributed by atoms with Crippen molar-refractivity contribution in [2.75, 3.05) is 30.9 Å². The number of para-hydroxylation sites is 1. The van der Waals surface area contributed by atoms with Crippen molar-refractivity contribution in [2.24, 2.45) is 0 Å². The first kappa shape index (κ1) is 23.3. The molecule has 3 amide bonds. The van der Waals surface area contributed by atoms with Crippen molar-refractivity contribution < 1.29 is 23.9 Å². The van der Waals surface area contributed by atoms with Crippen molar-refractivity contribution in [1.82, 2.24) is 5.32 Å². The third-order valence-electron chi connectivity index (χ3n) is 4.61. The summed E-state index contributed by atoms with van der Waals surface area (Å²) in [4.78, 5) is 36.9. The minimum absolute atomic E-state index is 0.209. The molecule has 0 aromatic heterocycles. The Labute approximate surface area is 191 Å². The number of rotatable bonds is 9. The molecule has 8 nitrogen and oxygen atoms in total. The molecule has 0 saturated carbocycles. The topological polar surface area (TPSA) is 106 Å². The molecule has 0 aliphatic rings. The number of carbonyl (C=O) groups is 3. The van der Waals surface area contributed by atoms with Crippen molar-refractivity contribution >= 4 is 29.1 Å². The molecule has 3 aromatic carbocycles. The van der Waals surface area contributed by atoms with E-state index in [1.807, 2.05) is 19.1 Å². The molecule has 3 rings (SSSR count). The summed E-state index contributed by atoms with van der Waals surface area (Å²) in [5, 5.41) is 7.99. The standard InChI is InChI=1S/C25H25N3O5/c1-17-7-9-18(10-8-17)27-23(29)15-26-25(31)21-5-3-4-6-22(21)33-16-24(30)28-19-11-13-20(32-2)14-12-19/h3-14H,15-16H2,1-2H3,(H,26,31)(H,27,29)(H,28,30). The third-order valence-corrected chi connectivity index (χ3v) is 4.61. The fourth-order valence-electron chi connectivity index (χ4n) is 2.89. The number of nitrogens with one attached hydrogen (secondary N) is 3. The third kappa shape index (κ3) is 7.10. The lowest BCUT2D eigenvalue weighted by atomic mass is 10.2. The van der Waals surface area contributed by atoms with Gasteiger partial charge < -0.3 is 25.4 Å². The molecule has 0 saturated heterocycles. The number of benzene rings is 3. The highest BCUT2D eigenvalue weighted by Gasteiger charge is 2.14. The molecular weight excluding hydrogens is 422 g/mol. The summed E-state index contributed by atoms with van der Waals surface area (Å²) in [6.45, 7) is 1.46. The second kappa shape index (κ2) is 11.3. The van der Waals surface area contributed by atoms with Gasteiger partial charge in [0.2, 0.25) is 5.91 Å². The molecule has 3 aromatic rings. The fourth-order valence-corrected chi connectivity index (χ4v) is 2.89. The van der Waals surface area contributed by atoms with Gasteiger partial charge in [-0.1, -0.05) is 29.8 Å². The molecule has 170 valence electrons. The van der Waals surface area contributed by atoms with Crippen LogP contribution >= 0.6 is 0 Å². The van der Waals surface area contributed by atoms with Gasteiger partial charge in [0, 0.05) is 11.4 Å². The van der Waals surface area contributed by atoms with E-state index in [-0.39, 0.29) is 36.3 Å². The van der Waals surface area contributed by atoms with Crippen LogP contribution in [0.4, 0.5) is 11.4 Å². The fraction of sp³-hybridized carbons (Fsp3) is 0.160. The Morgan fingerprint density at radius 2 is 1.39 bits per heavy atom. The summed E-state index contributed by atoms with van der Waals surface area (Å²) in [6, 6.07) is 20.7. The van der Waals surface area contributed by atoms with E-state index in [4.69, 9.17) is 9.47 Å². The Kier molecular flexibility index (Phi) is 8.02. The van der Waals surface area contributed by atoms with Crippen molar-refractivity contribution in [3.05, 3.63) is 83.9 Å². The number of amides is 3. The highest BCUT2D eigenvalue weighted by molar-refractivity contribution is 6.01. The summed E-state index contributed by atoms with van der Waals surface area (Å²) in [5.74, 6) is -0.312. The zero-order chi connectivity index (χ0) is 23.6. The van der Waals surface area contributed by atoms with Crippen LogP contribution in [0.5, 0.6) is 11.5 Å². The van der Waals surface area contributed by atoms with Crippen LogP contribution < -0.4 is 25.4 Å². The Morgan fingerprint density at radius 1 is 0.788 bits per heavy atom. The van der Waals surface area contributed by atoms with Crippen molar-refractivity contribution in [3.8, 4) is 11.5 Å². The Hall–Kier alpha value is -4.33. The van der Waals surface area contributed by atoms with Gasteiger partial charge in [0.15, 0.2) is 6.61 Å². The molecule has 0 spiro atoms. The zero-order valence-electron chi connectivity index (χ0n) is 18.4. The summed E-state index contributed by atoms with van der Waals surface area (Å²) in [7, 11) is 1.56. The SMILES string of the molecule is COc1ccc(NC(=O)COc2ccccc2C(=O)NCC(=O)Nc2ccc(C)cc2)cc1. The molecule has 0 radical (unpaired) electrons. The lowest BCUT2D eigenvalue weighted by Gasteiger charge is -2.12. The maximum atomic E-state index is 12.6. The molecule has 0 atom stereocenters. The molecule has 0 aliphatic heterocycles. The first-order valence-electron chi connectivity index (χ1n) is 10.2. The average molecular weight is 447 g/mol. The number of aryl methyl sites for hydroxylation is 1. The molecule has 3 N–H and O–H groups in total. The zero-order valence-corrected chi connectivity index (χ0v) is 18.4. The average Bonchev–Trinajstić information content (AvgIpc) is 2.83. The van der Waals surface area contributed by atoms with Gasteiger partial charge in [0.25, 0.3) is 11.8 Å². The van der Waals surface area contributed by atoms with E-state index in [0.717, 1.165) is 5.56 Å². The predicted molar refractivity (Wildman–Crippen MR) is 126 cm³/mol. The van der Waals surface area contributed by atoms with Crippen LogP contribution in [0.1, 0.15) is 15.9 Å². The largest absolute Gasteiger partial charge is 0.497 e. The van der Waals surface area contributed by atoms with Crippen LogP contribution in [-0.2, 0) is 9.59 Å². The first-order chi connectivity index (χ1) is 15.9. The van der Waals surface area contributed by atoms with E-state index in [1.165, 1.54) is 0 Å². The smallest absolute Gasteiger partial charge is 0.262 e. The van der Waals surface area contributed by atoms with E-state index in [2.05, 4.69) is 16.0 Å². The number of anilines is 2. The predicted octanol–water partition coefficient (Wildman–Crippen LogP) is 3.39. The molecule has 0 heterocycles. The van der Waals surface area contributed by atoms with Gasteiger partial charge in [0.05, 0.1) is 19.2 Å². The van der Waals surface area contributed by atoms with Gasteiger partial charge >= 0.3 is 0 Å². The van der Waals surface area contributed by atoms with E-state index in [0.29, 0.717) is 17.1 Å². The highest BCUT2D eigenvalue weighted by Crippen LogP contribution is 2.19. The van der Waals surface area contributed by atoms with Gasteiger partial charge in [-0.15, -0.1) is 0 Å². The van der Waals surface area contributed by atoms with Gasteiger partial charge in [-0.05, 0) is 55.5 Å². The maximum Gasteiger partial charge on any atom is 0.262 e. The van der Waals surface area contributed by atoms with Crippen molar-refractivity contribution in [1.29, 1.82) is 0 Å². The highest BCUT2D eigenvalue weighted by atomic mass is 16.5. The second-order valence-electron chi connectivity index (χ2n) is 7.16. The molecule has 33 heavy (non-hydrogen) atoms. The summed E-state index contributed by atoms with van der Waals surface area (Å²) >= 11 is 0. The summed E-state index contributed by atoms with van der Waals surface area (Å²) < 4.78 is 10.6. The van der Waals surface area contributed by atoms with Crippen LogP contribution in [-0.4, -0.2) is 38.0 Å². The number of hydrogen-bond donors (Lipinski definition) is 3. The van der Waals surface area contributed by atoms with Crippen molar-refractivity contribution in [2.45, 2.75) is 6.92 Å². The van der Waals surface area contributed by atoms with Crippen molar-refractivity contribution in [3.63, 3.8) is 0 Å². The van der Waals surface area contributed by atoms with Crippen LogP contribution in [0, 0.1) is 6.92 Å². The molecule has 0 fully saturated rings. The minimum Gasteiger partial charge on any atom is -0.497 e. The Balaban J connectivity index is 1.51. The molecule has 0 bridgehead atoms. The normalized spacial score (nSPS) is 10.1.